The van der Waals surface area contributed by atoms with E-state index in [4.69, 9.17) is 23.2 Å². The minimum atomic E-state index is -0.101. The summed E-state index contributed by atoms with van der Waals surface area (Å²) >= 11 is 16.7. The first kappa shape index (κ1) is 13.1. The molecule has 1 nitrogen and oxygen atoms in total. The molecule has 1 heterocycles. The van der Waals surface area contributed by atoms with Gasteiger partial charge in [-0.15, -0.1) is 11.3 Å². The van der Waals surface area contributed by atoms with E-state index in [2.05, 4.69) is 15.9 Å². The number of halogens is 3. The van der Waals surface area contributed by atoms with Gasteiger partial charge < -0.3 is 0 Å². The molecular formula is C12H7BrCl2OS. The first-order chi connectivity index (χ1) is 8.00. The van der Waals surface area contributed by atoms with Gasteiger partial charge in [-0.2, -0.15) is 0 Å². The molecule has 0 radical (unpaired) electrons. The van der Waals surface area contributed by atoms with Crippen molar-refractivity contribution in [2.45, 2.75) is 6.92 Å². The zero-order chi connectivity index (χ0) is 12.6. The van der Waals surface area contributed by atoms with Gasteiger partial charge in [0, 0.05) is 14.9 Å². The highest BCUT2D eigenvalue weighted by Gasteiger charge is 2.17. The van der Waals surface area contributed by atoms with E-state index in [0.29, 0.717) is 20.5 Å². The molecule has 17 heavy (non-hydrogen) atoms. The molecule has 0 atom stereocenters. The zero-order valence-electron chi connectivity index (χ0n) is 8.76. The number of aryl methyl sites for hydroxylation is 1. The maximum Gasteiger partial charge on any atom is 0.204 e. The molecule has 0 aliphatic carbocycles. The Labute approximate surface area is 121 Å². The monoisotopic (exact) mass is 348 g/mol. The van der Waals surface area contributed by atoms with Crippen molar-refractivity contribution in [3.8, 4) is 0 Å². The second-order valence-corrected chi connectivity index (χ2v) is 6.34. The van der Waals surface area contributed by atoms with Gasteiger partial charge in [0.15, 0.2) is 0 Å². The first-order valence-corrected chi connectivity index (χ1v) is 7.12. The van der Waals surface area contributed by atoms with Crippen molar-refractivity contribution in [2.24, 2.45) is 0 Å². The van der Waals surface area contributed by atoms with Gasteiger partial charge in [0.2, 0.25) is 5.78 Å². The van der Waals surface area contributed by atoms with Crippen LogP contribution in [-0.4, -0.2) is 5.78 Å². The molecule has 5 heteroatoms. The molecule has 0 N–H and O–H groups in total. The average Bonchev–Trinajstić information content (AvgIpc) is 2.62. The van der Waals surface area contributed by atoms with E-state index < -0.39 is 0 Å². The van der Waals surface area contributed by atoms with E-state index in [1.807, 2.05) is 6.92 Å². The normalized spacial score (nSPS) is 10.6. The molecule has 0 fully saturated rings. The summed E-state index contributed by atoms with van der Waals surface area (Å²) in [6.45, 7) is 1.95. The lowest BCUT2D eigenvalue weighted by Gasteiger charge is -2.02. The highest BCUT2D eigenvalue weighted by Crippen LogP contribution is 2.32. The zero-order valence-corrected chi connectivity index (χ0v) is 12.7. The van der Waals surface area contributed by atoms with Crippen LogP contribution in [0, 0.1) is 6.92 Å². The van der Waals surface area contributed by atoms with Crippen LogP contribution in [0.25, 0.3) is 0 Å². The predicted octanol–water partition coefficient (Wildman–Crippen LogP) is 5.36. The molecule has 0 saturated carbocycles. The summed E-state index contributed by atoms with van der Waals surface area (Å²) in [7, 11) is 0. The number of hydrogen-bond donors (Lipinski definition) is 0. The minimum Gasteiger partial charge on any atom is -0.288 e. The number of thiophene rings is 1. The van der Waals surface area contributed by atoms with Crippen LogP contribution in [0.3, 0.4) is 0 Å². The van der Waals surface area contributed by atoms with E-state index in [1.165, 1.54) is 11.3 Å². The Kier molecular flexibility index (Phi) is 3.93. The molecule has 0 amide bonds. The molecule has 2 aromatic rings. The summed E-state index contributed by atoms with van der Waals surface area (Å²) in [6.07, 6.45) is 0. The highest BCUT2D eigenvalue weighted by atomic mass is 79.9. The predicted molar refractivity (Wildman–Crippen MR) is 76.7 cm³/mol. The lowest BCUT2D eigenvalue weighted by atomic mass is 10.1. The fourth-order valence-electron chi connectivity index (χ4n) is 1.38. The summed E-state index contributed by atoms with van der Waals surface area (Å²) in [5.41, 5.74) is 0.438. The summed E-state index contributed by atoms with van der Waals surface area (Å²) < 4.78 is 0.934. The smallest absolute Gasteiger partial charge is 0.204 e. The Morgan fingerprint density at radius 2 is 2.06 bits per heavy atom. The molecular weight excluding hydrogens is 343 g/mol. The van der Waals surface area contributed by atoms with Crippen molar-refractivity contribution < 1.29 is 4.79 Å². The quantitative estimate of drug-likeness (QED) is 0.667. The molecule has 88 valence electrons. The van der Waals surface area contributed by atoms with E-state index in [1.54, 1.807) is 24.3 Å². The van der Waals surface area contributed by atoms with Crippen LogP contribution in [0.4, 0.5) is 0 Å². The third kappa shape index (κ3) is 2.58. The van der Waals surface area contributed by atoms with E-state index in [0.717, 1.165) is 9.35 Å². The molecule has 0 unspecified atom stereocenters. The van der Waals surface area contributed by atoms with Crippen molar-refractivity contribution in [1.82, 2.24) is 0 Å². The second-order valence-electron chi connectivity index (χ2n) is 3.45. The van der Waals surface area contributed by atoms with Crippen molar-refractivity contribution in [3.63, 3.8) is 0 Å². The standard InChI is InChI=1S/C12H7BrCl2OS/c1-6-8(13)5-10(17-6)12(16)7-3-2-4-9(14)11(7)15/h2-5H,1H3. The second kappa shape index (κ2) is 5.11. The van der Waals surface area contributed by atoms with Gasteiger partial charge in [0.05, 0.1) is 14.9 Å². The summed E-state index contributed by atoms with van der Waals surface area (Å²) in [4.78, 5) is 13.9. The van der Waals surface area contributed by atoms with Crippen molar-refractivity contribution in [1.29, 1.82) is 0 Å². The number of rotatable bonds is 2. The third-order valence-electron chi connectivity index (χ3n) is 2.28. The third-order valence-corrected chi connectivity index (χ3v) is 5.23. The molecule has 1 aromatic heterocycles. The van der Waals surface area contributed by atoms with Crippen LogP contribution in [0.2, 0.25) is 10.0 Å². The summed E-state index contributed by atoms with van der Waals surface area (Å²) in [5, 5.41) is 0.700. The SMILES string of the molecule is Cc1sc(C(=O)c2cccc(Cl)c2Cl)cc1Br. The lowest BCUT2D eigenvalue weighted by molar-refractivity contribution is 0.104. The first-order valence-electron chi connectivity index (χ1n) is 4.75. The van der Waals surface area contributed by atoms with Crippen molar-refractivity contribution in [2.75, 3.05) is 0 Å². The van der Waals surface area contributed by atoms with Crippen molar-refractivity contribution in [3.05, 3.63) is 54.1 Å². The molecule has 2 rings (SSSR count). The molecule has 1 aromatic carbocycles. The number of carbonyl (C=O) groups excluding carboxylic acids is 1. The van der Waals surface area contributed by atoms with Crippen LogP contribution in [0.1, 0.15) is 20.1 Å². The number of ketones is 1. The fraction of sp³-hybridized carbons (Fsp3) is 0.0833. The van der Waals surface area contributed by atoms with Gasteiger partial charge >= 0.3 is 0 Å². The topological polar surface area (TPSA) is 17.1 Å². The average molecular weight is 350 g/mol. The lowest BCUT2D eigenvalue weighted by Crippen LogP contribution is -1.99. The fourth-order valence-corrected chi connectivity index (χ4v) is 3.26. The van der Waals surface area contributed by atoms with Crippen LogP contribution in [0.15, 0.2) is 28.7 Å². The molecule has 0 aliphatic rings. The number of carbonyl (C=O) groups is 1. The molecule has 0 saturated heterocycles. The number of benzene rings is 1. The Bertz CT molecular complexity index is 573. The Balaban J connectivity index is 2.47. The van der Waals surface area contributed by atoms with Crippen LogP contribution in [0.5, 0.6) is 0 Å². The van der Waals surface area contributed by atoms with Gasteiger partial charge in [0.25, 0.3) is 0 Å². The van der Waals surface area contributed by atoms with Gasteiger partial charge in [-0.05, 0) is 41.1 Å². The van der Waals surface area contributed by atoms with Gasteiger partial charge in [-0.25, -0.2) is 0 Å². The Hall–Kier alpha value is -0.350. The van der Waals surface area contributed by atoms with Gasteiger partial charge in [-0.3, -0.25) is 4.79 Å². The summed E-state index contributed by atoms with van der Waals surface area (Å²) in [5.74, 6) is -0.101. The molecule has 0 aliphatic heterocycles. The van der Waals surface area contributed by atoms with Crippen molar-refractivity contribution >= 4 is 56.3 Å². The molecule has 0 bridgehead atoms. The van der Waals surface area contributed by atoms with Gasteiger partial charge in [-0.1, -0.05) is 29.3 Å². The van der Waals surface area contributed by atoms with Gasteiger partial charge in [0.1, 0.15) is 0 Å². The van der Waals surface area contributed by atoms with E-state index in [9.17, 15) is 4.79 Å². The Morgan fingerprint density at radius 1 is 1.35 bits per heavy atom. The van der Waals surface area contributed by atoms with Crippen LogP contribution >= 0.6 is 50.5 Å². The van der Waals surface area contributed by atoms with E-state index in [-0.39, 0.29) is 5.78 Å². The summed E-state index contributed by atoms with van der Waals surface area (Å²) in [6, 6.07) is 6.87. The number of hydrogen-bond acceptors (Lipinski definition) is 2. The highest BCUT2D eigenvalue weighted by molar-refractivity contribution is 9.10. The maximum atomic E-state index is 12.2. The van der Waals surface area contributed by atoms with Crippen LogP contribution in [-0.2, 0) is 0 Å². The van der Waals surface area contributed by atoms with Crippen LogP contribution < -0.4 is 0 Å². The maximum absolute atomic E-state index is 12.2. The Morgan fingerprint density at radius 3 is 2.65 bits per heavy atom. The largest absolute Gasteiger partial charge is 0.288 e. The van der Waals surface area contributed by atoms with E-state index >= 15 is 0 Å². The minimum absolute atomic E-state index is 0.101. The molecule has 0 spiro atoms.